The molecule has 0 bridgehead atoms. The van der Waals surface area contributed by atoms with E-state index in [9.17, 15) is 9.59 Å². The molecule has 0 N–H and O–H groups in total. The number of benzene rings is 1. The zero-order valence-electron chi connectivity index (χ0n) is 14.5. The minimum absolute atomic E-state index is 0.101. The number of likely N-dealkylation sites (tertiary alicyclic amines) is 1. The van der Waals surface area contributed by atoms with E-state index in [-0.39, 0.29) is 11.7 Å². The van der Waals surface area contributed by atoms with Crippen LogP contribution in [-0.4, -0.2) is 46.7 Å². The average Bonchev–Trinajstić information content (AvgIpc) is 3.14. The number of hydrogen-bond acceptors (Lipinski definition) is 5. The maximum atomic E-state index is 12.2. The predicted octanol–water partition coefficient (Wildman–Crippen LogP) is 3.19. The van der Waals surface area contributed by atoms with Gasteiger partial charge in [0.25, 0.3) is 5.91 Å². The summed E-state index contributed by atoms with van der Waals surface area (Å²) in [6.45, 7) is 5.19. The number of carbonyl (C=O) groups excluding carboxylic acids is 2. The second-order valence-electron chi connectivity index (χ2n) is 6.25. The predicted molar refractivity (Wildman–Crippen MR) is 98.6 cm³/mol. The largest absolute Gasteiger partial charge is 0.452 e. The zero-order chi connectivity index (χ0) is 17.8. The first kappa shape index (κ1) is 17.7. The molecule has 25 heavy (non-hydrogen) atoms. The van der Waals surface area contributed by atoms with E-state index in [4.69, 9.17) is 4.74 Å². The van der Waals surface area contributed by atoms with Crippen molar-refractivity contribution in [3.63, 3.8) is 0 Å². The Labute approximate surface area is 151 Å². The van der Waals surface area contributed by atoms with Gasteiger partial charge in [-0.2, -0.15) is 0 Å². The van der Waals surface area contributed by atoms with Crippen LogP contribution in [0.25, 0.3) is 10.9 Å². The number of nitrogens with zero attached hydrogens (tertiary/aromatic N) is 2. The highest BCUT2D eigenvalue weighted by Gasteiger charge is 2.25. The Morgan fingerprint density at radius 2 is 2.00 bits per heavy atom. The number of carbonyl (C=O) groups is 2. The van der Waals surface area contributed by atoms with Gasteiger partial charge < -0.3 is 9.64 Å². The van der Waals surface area contributed by atoms with E-state index in [2.05, 4.69) is 4.98 Å². The van der Waals surface area contributed by atoms with Gasteiger partial charge in [0.05, 0.1) is 16.3 Å². The quantitative estimate of drug-likeness (QED) is 0.607. The number of para-hydroxylation sites is 1. The van der Waals surface area contributed by atoms with Crippen LogP contribution < -0.4 is 0 Å². The molecule has 1 amide bonds. The molecule has 1 saturated heterocycles. The van der Waals surface area contributed by atoms with Crippen molar-refractivity contribution in [2.45, 2.75) is 37.8 Å². The summed E-state index contributed by atoms with van der Waals surface area (Å²) in [5.41, 5.74) is 2.04. The Bertz CT molecular complexity index is 787. The summed E-state index contributed by atoms with van der Waals surface area (Å²) >= 11 is 1.33. The fraction of sp³-hybridized carbons (Fsp3) is 0.421. The number of aromatic nitrogens is 1. The molecule has 1 fully saturated rings. The van der Waals surface area contributed by atoms with Gasteiger partial charge in [-0.05, 0) is 44.4 Å². The van der Waals surface area contributed by atoms with Gasteiger partial charge in [-0.15, -0.1) is 0 Å². The molecular weight excluding hydrogens is 336 g/mol. The van der Waals surface area contributed by atoms with Crippen molar-refractivity contribution in [2.24, 2.45) is 0 Å². The van der Waals surface area contributed by atoms with Crippen LogP contribution in [0.5, 0.6) is 0 Å². The number of esters is 1. The van der Waals surface area contributed by atoms with Gasteiger partial charge in [0, 0.05) is 18.5 Å². The second kappa shape index (κ2) is 7.87. The van der Waals surface area contributed by atoms with Gasteiger partial charge in [-0.25, -0.2) is 4.98 Å². The van der Waals surface area contributed by atoms with Crippen molar-refractivity contribution in [2.75, 3.05) is 18.8 Å². The Balaban J connectivity index is 1.56. The van der Waals surface area contributed by atoms with E-state index in [0.29, 0.717) is 0 Å². The molecule has 0 unspecified atom stereocenters. The average molecular weight is 358 g/mol. The molecule has 0 radical (unpaired) electrons. The van der Waals surface area contributed by atoms with Crippen molar-refractivity contribution in [1.29, 1.82) is 0 Å². The summed E-state index contributed by atoms with van der Waals surface area (Å²) < 4.78 is 5.29. The number of fused-ring (bicyclic) bond motifs is 1. The van der Waals surface area contributed by atoms with Crippen LogP contribution in [0.2, 0.25) is 0 Å². The molecule has 2 heterocycles. The molecule has 6 heteroatoms. The summed E-state index contributed by atoms with van der Waals surface area (Å²) in [4.78, 5) is 30.6. The summed E-state index contributed by atoms with van der Waals surface area (Å²) in [7, 11) is 0. The Kier molecular flexibility index (Phi) is 5.58. The summed E-state index contributed by atoms with van der Waals surface area (Å²) in [5, 5.41) is 1.89. The number of thioether (sulfide) groups is 1. The molecule has 1 aromatic heterocycles. The monoisotopic (exact) mass is 358 g/mol. The standard InChI is InChI=1S/C19H22N2O3S/c1-13-11-17(20-16-8-4-3-7-15(13)16)25-12-18(22)24-14(2)19(23)21-9-5-6-10-21/h3-4,7-8,11,14H,5-6,9-10,12H2,1-2H3/t14-/m1/s1. The second-order valence-corrected chi connectivity index (χ2v) is 7.24. The Morgan fingerprint density at radius 3 is 2.76 bits per heavy atom. The number of rotatable bonds is 5. The number of hydrogen-bond donors (Lipinski definition) is 0. The summed E-state index contributed by atoms with van der Waals surface area (Å²) in [6.07, 6.45) is 1.32. The maximum Gasteiger partial charge on any atom is 0.317 e. The highest BCUT2D eigenvalue weighted by molar-refractivity contribution is 7.99. The van der Waals surface area contributed by atoms with Crippen LogP contribution >= 0.6 is 11.8 Å². The number of amides is 1. The SMILES string of the molecule is Cc1cc(SCC(=O)O[C@H](C)C(=O)N2CCCC2)nc2ccccc12. The number of pyridine rings is 1. The lowest BCUT2D eigenvalue weighted by atomic mass is 10.1. The van der Waals surface area contributed by atoms with Crippen molar-refractivity contribution in [1.82, 2.24) is 9.88 Å². The van der Waals surface area contributed by atoms with Crippen LogP contribution in [0.4, 0.5) is 0 Å². The molecule has 0 aliphatic carbocycles. The van der Waals surface area contributed by atoms with Crippen molar-refractivity contribution >= 4 is 34.5 Å². The smallest absolute Gasteiger partial charge is 0.317 e. The minimum Gasteiger partial charge on any atom is -0.452 e. The van der Waals surface area contributed by atoms with E-state index >= 15 is 0 Å². The van der Waals surface area contributed by atoms with Gasteiger partial charge in [0.1, 0.15) is 0 Å². The molecule has 0 saturated carbocycles. The van der Waals surface area contributed by atoms with Crippen LogP contribution in [0.1, 0.15) is 25.3 Å². The lowest BCUT2D eigenvalue weighted by Gasteiger charge is -2.20. The molecule has 1 atom stereocenters. The molecule has 3 rings (SSSR count). The first-order valence-electron chi connectivity index (χ1n) is 8.52. The van der Waals surface area contributed by atoms with Gasteiger partial charge in [-0.1, -0.05) is 30.0 Å². The number of aryl methyl sites for hydroxylation is 1. The summed E-state index contributed by atoms with van der Waals surface area (Å²) in [6, 6.07) is 9.90. The normalized spacial score (nSPS) is 15.4. The third-order valence-electron chi connectivity index (χ3n) is 4.31. The van der Waals surface area contributed by atoms with Gasteiger partial charge in [-0.3, -0.25) is 9.59 Å². The van der Waals surface area contributed by atoms with Crippen LogP contribution in [0.3, 0.4) is 0 Å². The molecule has 1 aliphatic rings. The molecule has 0 spiro atoms. The molecule has 1 aromatic carbocycles. The number of ether oxygens (including phenoxy) is 1. The third-order valence-corrected chi connectivity index (χ3v) is 5.20. The first-order chi connectivity index (χ1) is 12.0. The highest BCUT2D eigenvalue weighted by atomic mass is 32.2. The first-order valence-corrected chi connectivity index (χ1v) is 9.50. The third kappa shape index (κ3) is 4.31. The van der Waals surface area contributed by atoms with E-state index < -0.39 is 12.1 Å². The zero-order valence-corrected chi connectivity index (χ0v) is 15.3. The molecular formula is C19H22N2O3S. The summed E-state index contributed by atoms with van der Waals surface area (Å²) in [5.74, 6) is -0.351. The Hall–Kier alpha value is -2.08. The lowest BCUT2D eigenvalue weighted by molar-refractivity contribution is -0.156. The van der Waals surface area contributed by atoms with Crippen LogP contribution in [0.15, 0.2) is 35.4 Å². The maximum absolute atomic E-state index is 12.2. The fourth-order valence-electron chi connectivity index (χ4n) is 3.00. The molecule has 5 nitrogen and oxygen atoms in total. The van der Waals surface area contributed by atoms with Crippen LogP contribution in [-0.2, 0) is 14.3 Å². The van der Waals surface area contributed by atoms with Gasteiger partial charge in [0.2, 0.25) is 0 Å². The fourth-order valence-corrected chi connectivity index (χ4v) is 3.76. The lowest BCUT2D eigenvalue weighted by Crippen LogP contribution is -2.38. The topological polar surface area (TPSA) is 59.5 Å². The van der Waals surface area contributed by atoms with Crippen molar-refractivity contribution < 1.29 is 14.3 Å². The van der Waals surface area contributed by atoms with E-state index in [0.717, 1.165) is 47.4 Å². The highest BCUT2D eigenvalue weighted by Crippen LogP contribution is 2.23. The minimum atomic E-state index is -0.725. The Morgan fingerprint density at radius 1 is 1.28 bits per heavy atom. The van der Waals surface area contributed by atoms with Gasteiger partial charge >= 0.3 is 5.97 Å². The molecule has 132 valence electrons. The molecule has 1 aliphatic heterocycles. The van der Waals surface area contributed by atoms with Crippen molar-refractivity contribution in [3.8, 4) is 0 Å². The van der Waals surface area contributed by atoms with E-state index in [1.807, 2.05) is 37.3 Å². The van der Waals surface area contributed by atoms with E-state index in [1.165, 1.54) is 11.8 Å². The molecule has 2 aromatic rings. The van der Waals surface area contributed by atoms with Crippen molar-refractivity contribution in [3.05, 3.63) is 35.9 Å². The van der Waals surface area contributed by atoms with Crippen LogP contribution in [0, 0.1) is 6.92 Å². The van der Waals surface area contributed by atoms with Gasteiger partial charge in [0.15, 0.2) is 6.10 Å². The van der Waals surface area contributed by atoms with E-state index in [1.54, 1.807) is 11.8 Å².